The van der Waals surface area contributed by atoms with Crippen molar-refractivity contribution in [2.45, 2.75) is 11.8 Å². The van der Waals surface area contributed by atoms with Crippen molar-refractivity contribution in [1.29, 1.82) is 0 Å². The molecular weight excluding hydrogens is 296 g/mol. The number of nitrogens with one attached hydrogen (secondary N) is 1. The summed E-state index contributed by atoms with van der Waals surface area (Å²) in [4.78, 5) is 2.28. The Morgan fingerprint density at radius 2 is 1.85 bits per heavy atom. The molecule has 6 heteroatoms. The van der Waals surface area contributed by atoms with E-state index in [1.807, 2.05) is 31.2 Å². The van der Waals surface area contributed by atoms with Crippen molar-refractivity contribution in [1.82, 2.24) is 4.83 Å². The maximum Gasteiger partial charge on any atom is 0.276 e. The second-order valence-electron chi connectivity index (χ2n) is 4.22. The number of hydrazone groups is 1. The highest BCUT2D eigenvalue weighted by Crippen LogP contribution is 2.13. The zero-order chi connectivity index (χ0) is 14.6. The third-order valence-electron chi connectivity index (χ3n) is 2.55. The van der Waals surface area contributed by atoms with Gasteiger partial charge in [0.1, 0.15) is 0 Å². The SMILES string of the molecule is Cc1cccc(C=NNS(=O)(=O)c2ccc(Cl)cc2)c1. The number of rotatable bonds is 4. The van der Waals surface area contributed by atoms with Crippen LogP contribution in [0.1, 0.15) is 11.1 Å². The highest BCUT2D eigenvalue weighted by atomic mass is 35.5. The predicted octanol–water partition coefficient (Wildman–Crippen LogP) is 2.96. The molecule has 0 spiro atoms. The number of halogens is 1. The molecule has 20 heavy (non-hydrogen) atoms. The van der Waals surface area contributed by atoms with Gasteiger partial charge < -0.3 is 0 Å². The average molecular weight is 309 g/mol. The molecule has 2 aromatic carbocycles. The number of hydrogen-bond donors (Lipinski definition) is 1. The molecule has 0 amide bonds. The van der Waals surface area contributed by atoms with Crippen LogP contribution in [-0.2, 0) is 10.0 Å². The van der Waals surface area contributed by atoms with E-state index in [0.717, 1.165) is 11.1 Å². The molecule has 1 N–H and O–H groups in total. The van der Waals surface area contributed by atoms with Crippen LogP contribution in [0.2, 0.25) is 5.02 Å². The van der Waals surface area contributed by atoms with Crippen molar-refractivity contribution in [3.63, 3.8) is 0 Å². The van der Waals surface area contributed by atoms with Crippen LogP contribution in [0.3, 0.4) is 0 Å². The van der Waals surface area contributed by atoms with Gasteiger partial charge in [-0.15, -0.1) is 0 Å². The summed E-state index contributed by atoms with van der Waals surface area (Å²) < 4.78 is 23.9. The molecule has 0 bridgehead atoms. The second-order valence-corrected chi connectivity index (χ2v) is 6.32. The molecule has 0 aliphatic heterocycles. The van der Waals surface area contributed by atoms with Crippen molar-refractivity contribution in [3.05, 3.63) is 64.7 Å². The van der Waals surface area contributed by atoms with Gasteiger partial charge in [-0.1, -0.05) is 41.4 Å². The molecule has 0 unspecified atom stereocenters. The predicted molar refractivity (Wildman–Crippen MR) is 80.5 cm³/mol. The van der Waals surface area contributed by atoms with Crippen molar-refractivity contribution in [3.8, 4) is 0 Å². The van der Waals surface area contributed by atoms with Gasteiger partial charge in [0.05, 0.1) is 11.1 Å². The highest BCUT2D eigenvalue weighted by molar-refractivity contribution is 7.89. The maximum absolute atomic E-state index is 11.9. The van der Waals surface area contributed by atoms with Crippen molar-refractivity contribution in [2.75, 3.05) is 0 Å². The van der Waals surface area contributed by atoms with Gasteiger partial charge in [-0.05, 0) is 36.8 Å². The Hall–Kier alpha value is -1.85. The summed E-state index contributed by atoms with van der Waals surface area (Å²) in [7, 11) is -3.66. The zero-order valence-corrected chi connectivity index (χ0v) is 12.3. The first kappa shape index (κ1) is 14.6. The molecule has 0 aliphatic carbocycles. The first-order valence-electron chi connectivity index (χ1n) is 5.84. The van der Waals surface area contributed by atoms with Gasteiger partial charge in [0, 0.05) is 5.02 Å². The van der Waals surface area contributed by atoms with E-state index in [4.69, 9.17) is 11.6 Å². The summed E-state index contributed by atoms with van der Waals surface area (Å²) in [6.45, 7) is 1.95. The molecular formula is C14H13ClN2O2S. The number of hydrogen-bond acceptors (Lipinski definition) is 3. The summed E-state index contributed by atoms with van der Waals surface area (Å²) in [6, 6.07) is 13.5. The molecule has 4 nitrogen and oxygen atoms in total. The molecule has 0 radical (unpaired) electrons. The third kappa shape index (κ3) is 3.82. The molecule has 0 saturated carbocycles. The topological polar surface area (TPSA) is 58.5 Å². The van der Waals surface area contributed by atoms with E-state index < -0.39 is 10.0 Å². The first-order valence-corrected chi connectivity index (χ1v) is 7.70. The summed E-state index contributed by atoms with van der Waals surface area (Å²) in [5.41, 5.74) is 1.90. The summed E-state index contributed by atoms with van der Waals surface area (Å²) in [5.74, 6) is 0. The highest BCUT2D eigenvalue weighted by Gasteiger charge is 2.11. The molecule has 2 rings (SSSR count). The monoisotopic (exact) mass is 308 g/mol. The molecule has 2 aromatic rings. The maximum atomic E-state index is 11.9. The number of aryl methyl sites for hydroxylation is 1. The van der Waals surface area contributed by atoms with E-state index in [9.17, 15) is 8.42 Å². The van der Waals surface area contributed by atoms with Crippen LogP contribution in [0.4, 0.5) is 0 Å². The van der Waals surface area contributed by atoms with Gasteiger partial charge in [0.25, 0.3) is 10.0 Å². The Morgan fingerprint density at radius 1 is 1.15 bits per heavy atom. The Labute approximate surface area is 123 Å². The number of nitrogens with zero attached hydrogens (tertiary/aromatic N) is 1. The van der Waals surface area contributed by atoms with Gasteiger partial charge >= 0.3 is 0 Å². The first-order chi connectivity index (χ1) is 9.47. The molecule has 0 saturated heterocycles. The molecule has 0 aromatic heterocycles. The van der Waals surface area contributed by atoms with Gasteiger partial charge in [-0.3, -0.25) is 0 Å². The summed E-state index contributed by atoms with van der Waals surface area (Å²) in [5, 5.41) is 4.24. The lowest BCUT2D eigenvalue weighted by Gasteiger charge is -2.03. The Balaban J connectivity index is 2.11. The van der Waals surface area contributed by atoms with Crippen molar-refractivity contribution in [2.24, 2.45) is 5.10 Å². The fourth-order valence-corrected chi connectivity index (χ4v) is 2.50. The van der Waals surface area contributed by atoms with E-state index >= 15 is 0 Å². The standard InChI is InChI=1S/C14H13ClN2O2S/c1-11-3-2-4-12(9-11)10-16-17-20(18,19)14-7-5-13(15)6-8-14/h2-10,17H,1H3. The minimum absolute atomic E-state index is 0.114. The number of sulfonamides is 1. The second kappa shape index (κ2) is 6.07. The fraction of sp³-hybridized carbons (Fsp3) is 0.0714. The molecule has 0 aliphatic rings. The minimum Gasteiger partial charge on any atom is -0.200 e. The molecule has 0 heterocycles. The summed E-state index contributed by atoms with van der Waals surface area (Å²) >= 11 is 5.72. The van der Waals surface area contributed by atoms with Gasteiger partial charge in [0.15, 0.2) is 0 Å². The number of benzene rings is 2. The van der Waals surface area contributed by atoms with Crippen LogP contribution >= 0.6 is 11.6 Å². The lowest BCUT2D eigenvalue weighted by molar-refractivity contribution is 0.584. The minimum atomic E-state index is -3.66. The van der Waals surface area contributed by atoms with Crippen LogP contribution in [0, 0.1) is 6.92 Å². The van der Waals surface area contributed by atoms with E-state index in [-0.39, 0.29) is 4.90 Å². The largest absolute Gasteiger partial charge is 0.276 e. The smallest absolute Gasteiger partial charge is 0.200 e. The molecule has 104 valence electrons. The molecule has 0 fully saturated rings. The van der Waals surface area contributed by atoms with Crippen molar-refractivity contribution >= 4 is 27.8 Å². The van der Waals surface area contributed by atoms with Gasteiger partial charge in [-0.2, -0.15) is 13.5 Å². The Kier molecular flexibility index (Phi) is 4.42. The van der Waals surface area contributed by atoms with Crippen LogP contribution in [-0.4, -0.2) is 14.6 Å². The normalized spacial score (nSPS) is 11.7. The van der Waals surface area contributed by atoms with E-state index in [0.29, 0.717) is 5.02 Å². The summed E-state index contributed by atoms with van der Waals surface area (Å²) in [6.07, 6.45) is 1.46. The van der Waals surface area contributed by atoms with Crippen molar-refractivity contribution < 1.29 is 8.42 Å². The Morgan fingerprint density at radius 3 is 2.50 bits per heavy atom. The fourth-order valence-electron chi connectivity index (χ4n) is 1.59. The van der Waals surface area contributed by atoms with Gasteiger partial charge in [0.2, 0.25) is 0 Å². The quantitative estimate of drug-likeness (QED) is 0.697. The van der Waals surface area contributed by atoms with Crippen LogP contribution < -0.4 is 4.83 Å². The average Bonchev–Trinajstić information content (AvgIpc) is 2.39. The lowest BCUT2D eigenvalue weighted by Crippen LogP contribution is -2.18. The van der Waals surface area contributed by atoms with Crippen LogP contribution in [0.15, 0.2) is 58.5 Å². The molecule has 0 atom stereocenters. The van der Waals surface area contributed by atoms with Crippen LogP contribution in [0.5, 0.6) is 0 Å². The Bertz CT molecular complexity index is 725. The third-order valence-corrected chi connectivity index (χ3v) is 4.04. The van der Waals surface area contributed by atoms with E-state index in [1.165, 1.54) is 30.5 Å². The van der Waals surface area contributed by atoms with E-state index in [1.54, 1.807) is 0 Å². The van der Waals surface area contributed by atoms with E-state index in [2.05, 4.69) is 9.93 Å². The lowest BCUT2D eigenvalue weighted by atomic mass is 10.2. The van der Waals surface area contributed by atoms with Gasteiger partial charge in [-0.25, -0.2) is 4.83 Å². The van der Waals surface area contributed by atoms with Crippen LogP contribution in [0.25, 0.3) is 0 Å². The zero-order valence-electron chi connectivity index (χ0n) is 10.7.